The van der Waals surface area contributed by atoms with Crippen LogP contribution in [-0.2, 0) is 0 Å². The van der Waals surface area contributed by atoms with Crippen molar-refractivity contribution in [2.75, 3.05) is 12.4 Å². The fourth-order valence-electron chi connectivity index (χ4n) is 3.37. The number of piperidine rings is 1. The highest BCUT2D eigenvalue weighted by Gasteiger charge is 2.38. The molecule has 2 unspecified atom stereocenters. The molecule has 2 aliphatic rings. The van der Waals surface area contributed by atoms with Crippen molar-refractivity contribution in [1.29, 1.82) is 0 Å². The van der Waals surface area contributed by atoms with Crippen LogP contribution in [0.25, 0.3) is 0 Å². The third kappa shape index (κ3) is 2.10. The Bertz CT molecular complexity index is 417. The molecule has 18 heavy (non-hydrogen) atoms. The van der Waals surface area contributed by atoms with E-state index in [1.54, 1.807) is 12.1 Å². The fraction of sp³-hybridized carbons (Fsp3) is 0.571. The molecule has 4 heteroatoms. The summed E-state index contributed by atoms with van der Waals surface area (Å²) < 4.78 is 13.7. The van der Waals surface area contributed by atoms with Crippen LogP contribution in [0.15, 0.2) is 18.2 Å². The number of hydrogen-bond donors (Lipinski definition) is 1. The number of hydrogen-bond acceptors (Lipinski definition) is 2. The van der Waals surface area contributed by atoms with E-state index < -0.39 is 0 Å². The van der Waals surface area contributed by atoms with Crippen LogP contribution in [0.1, 0.15) is 25.7 Å². The summed E-state index contributed by atoms with van der Waals surface area (Å²) in [6, 6.07) is 6.46. The SMILES string of the molecule is CN1C2CCC1CC(Nc1c(F)cccc1Cl)C2. The molecule has 0 saturated carbocycles. The van der Waals surface area contributed by atoms with Gasteiger partial charge in [-0.05, 0) is 44.9 Å². The normalized spacial score (nSPS) is 31.6. The average Bonchev–Trinajstić information content (AvgIpc) is 2.58. The third-order valence-electron chi connectivity index (χ3n) is 4.41. The molecule has 1 aromatic rings. The Kier molecular flexibility index (Phi) is 3.20. The summed E-state index contributed by atoms with van der Waals surface area (Å²) in [5.74, 6) is -0.256. The van der Waals surface area contributed by atoms with Crippen molar-refractivity contribution in [2.24, 2.45) is 0 Å². The first kappa shape index (κ1) is 12.2. The highest BCUT2D eigenvalue weighted by atomic mass is 35.5. The van der Waals surface area contributed by atoms with Crippen molar-refractivity contribution in [1.82, 2.24) is 4.90 Å². The molecule has 2 nitrogen and oxygen atoms in total. The topological polar surface area (TPSA) is 15.3 Å². The van der Waals surface area contributed by atoms with Gasteiger partial charge in [0.15, 0.2) is 0 Å². The van der Waals surface area contributed by atoms with Gasteiger partial charge in [-0.3, -0.25) is 0 Å². The predicted octanol–water partition coefficient (Wildman–Crippen LogP) is 3.52. The maximum Gasteiger partial charge on any atom is 0.147 e. The van der Waals surface area contributed by atoms with Crippen LogP contribution in [-0.4, -0.2) is 30.1 Å². The van der Waals surface area contributed by atoms with E-state index in [1.165, 1.54) is 18.9 Å². The van der Waals surface area contributed by atoms with Gasteiger partial charge in [-0.25, -0.2) is 4.39 Å². The number of nitrogens with one attached hydrogen (secondary N) is 1. The number of para-hydroxylation sites is 1. The molecule has 1 N–H and O–H groups in total. The minimum Gasteiger partial charge on any atom is -0.379 e. The molecule has 2 fully saturated rings. The quantitative estimate of drug-likeness (QED) is 0.883. The van der Waals surface area contributed by atoms with Crippen LogP contribution in [0.3, 0.4) is 0 Å². The molecule has 0 aromatic heterocycles. The lowest BCUT2D eigenvalue weighted by Crippen LogP contribution is -2.44. The second-order valence-corrected chi connectivity index (χ2v) is 5.87. The summed E-state index contributed by atoms with van der Waals surface area (Å²) in [6.07, 6.45) is 4.70. The summed E-state index contributed by atoms with van der Waals surface area (Å²) >= 11 is 6.05. The minimum absolute atomic E-state index is 0.256. The lowest BCUT2D eigenvalue weighted by molar-refractivity contribution is 0.169. The Morgan fingerprint density at radius 1 is 1.28 bits per heavy atom. The second-order valence-electron chi connectivity index (χ2n) is 5.46. The molecule has 0 aliphatic carbocycles. The van der Waals surface area contributed by atoms with E-state index in [-0.39, 0.29) is 5.82 Å². The molecule has 0 spiro atoms. The second kappa shape index (κ2) is 4.71. The maximum absolute atomic E-state index is 13.7. The van der Waals surface area contributed by atoms with Gasteiger partial charge in [0, 0.05) is 18.1 Å². The molecular formula is C14H18ClFN2. The largest absolute Gasteiger partial charge is 0.379 e. The molecule has 3 rings (SSSR count). The Hall–Kier alpha value is -0.800. The standard InChI is InChI=1S/C14H18ClFN2/c1-18-10-5-6-11(18)8-9(7-10)17-14-12(15)3-2-4-13(14)16/h2-4,9-11,17H,5-8H2,1H3. The summed E-state index contributed by atoms with van der Waals surface area (Å²) in [5, 5.41) is 3.78. The molecule has 0 amide bonds. The van der Waals surface area contributed by atoms with Crippen molar-refractivity contribution in [3.63, 3.8) is 0 Å². The number of halogens is 2. The van der Waals surface area contributed by atoms with Crippen LogP contribution in [0.5, 0.6) is 0 Å². The van der Waals surface area contributed by atoms with Gasteiger partial charge in [0.1, 0.15) is 5.82 Å². The Balaban J connectivity index is 1.74. The Labute approximate surface area is 112 Å². The molecular weight excluding hydrogens is 251 g/mol. The van der Waals surface area contributed by atoms with Crippen molar-refractivity contribution < 1.29 is 4.39 Å². The monoisotopic (exact) mass is 268 g/mol. The van der Waals surface area contributed by atoms with E-state index in [2.05, 4.69) is 17.3 Å². The maximum atomic E-state index is 13.7. The molecule has 0 radical (unpaired) electrons. The average molecular weight is 269 g/mol. The number of anilines is 1. The van der Waals surface area contributed by atoms with Crippen LogP contribution >= 0.6 is 11.6 Å². The van der Waals surface area contributed by atoms with Crippen LogP contribution in [0.2, 0.25) is 5.02 Å². The molecule has 2 atom stereocenters. The van der Waals surface area contributed by atoms with Crippen LogP contribution in [0.4, 0.5) is 10.1 Å². The zero-order valence-corrected chi connectivity index (χ0v) is 11.3. The highest BCUT2D eigenvalue weighted by Crippen LogP contribution is 2.36. The van der Waals surface area contributed by atoms with Gasteiger partial charge >= 0.3 is 0 Å². The van der Waals surface area contributed by atoms with Gasteiger partial charge in [0.05, 0.1) is 10.7 Å². The first-order valence-corrected chi connectivity index (χ1v) is 6.95. The van der Waals surface area contributed by atoms with Gasteiger partial charge in [0.25, 0.3) is 0 Å². The Morgan fingerprint density at radius 3 is 2.56 bits per heavy atom. The number of benzene rings is 1. The number of fused-ring (bicyclic) bond motifs is 2. The van der Waals surface area contributed by atoms with Crippen LogP contribution in [0, 0.1) is 5.82 Å². The fourth-order valence-corrected chi connectivity index (χ4v) is 3.59. The first-order chi connectivity index (χ1) is 8.65. The molecule has 1 aromatic carbocycles. The zero-order chi connectivity index (χ0) is 12.7. The van der Waals surface area contributed by atoms with Crippen molar-refractivity contribution in [3.05, 3.63) is 29.0 Å². The summed E-state index contributed by atoms with van der Waals surface area (Å²) in [7, 11) is 2.20. The van der Waals surface area contributed by atoms with Crippen molar-refractivity contribution in [2.45, 2.75) is 43.8 Å². The summed E-state index contributed by atoms with van der Waals surface area (Å²) in [6.45, 7) is 0. The minimum atomic E-state index is -0.256. The highest BCUT2D eigenvalue weighted by molar-refractivity contribution is 6.33. The Morgan fingerprint density at radius 2 is 1.94 bits per heavy atom. The third-order valence-corrected chi connectivity index (χ3v) is 4.72. The van der Waals surface area contributed by atoms with Crippen molar-refractivity contribution in [3.8, 4) is 0 Å². The number of nitrogens with zero attached hydrogens (tertiary/aromatic N) is 1. The zero-order valence-electron chi connectivity index (χ0n) is 10.5. The summed E-state index contributed by atoms with van der Waals surface area (Å²) in [4.78, 5) is 2.47. The molecule has 98 valence electrons. The summed E-state index contributed by atoms with van der Waals surface area (Å²) in [5.41, 5.74) is 0.466. The lowest BCUT2D eigenvalue weighted by atomic mass is 9.97. The van der Waals surface area contributed by atoms with Crippen LogP contribution < -0.4 is 5.32 Å². The van der Waals surface area contributed by atoms with E-state index in [0.717, 1.165) is 12.8 Å². The molecule has 2 heterocycles. The predicted molar refractivity (Wildman–Crippen MR) is 72.6 cm³/mol. The van der Waals surface area contributed by atoms with Gasteiger partial charge in [-0.1, -0.05) is 17.7 Å². The van der Waals surface area contributed by atoms with E-state index in [0.29, 0.717) is 28.8 Å². The van der Waals surface area contributed by atoms with Gasteiger partial charge in [0.2, 0.25) is 0 Å². The molecule has 2 saturated heterocycles. The number of rotatable bonds is 2. The molecule has 2 aliphatic heterocycles. The van der Waals surface area contributed by atoms with E-state index >= 15 is 0 Å². The van der Waals surface area contributed by atoms with Gasteiger partial charge in [-0.2, -0.15) is 0 Å². The van der Waals surface area contributed by atoms with E-state index in [1.807, 2.05) is 0 Å². The van der Waals surface area contributed by atoms with E-state index in [9.17, 15) is 4.39 Å². The van der Waals surface area contributed by atoms with Gasteiger partial charge in [-0.15, -0.1) is 0 Å². The lowest BCUT2D eigenvalue weighted by Gasteiger charge is -2.37. The van der Waals surface area contributed by atoms with Crippen molar-refractivity contribution >= 4 is 17.3 Å². The van der Waals surface area contributed by atoms with E-state index in [4.69, 9.17) is 11.6 Å². The van der Waals surface area contributed by atoms with Gasteiger partial charge < -0.3 is 10.2 Å². The molecule has 2 bridgehead atoms. The first-order valence-electron chi connectivity index (χ1n) is 6.57. The smallest absolute Gasteiger partial charge is 0.147 e.